The molecule has 0 aromatic rings. The zero-order valence-corrected chi connectivity index (χ0v) is 15.6. The maximum Gasteiger partial charge on any atom is 0.322 e. The van der Waals surface area contributed by atoms with Crippen LogP contribution in [0.1, 0.15) is 25.7 Å². The molecule has 4 amide bonds. The third kappa shape index (κ3) is 11.2. The first kappa shape index (κ1) is 26.2. The quantitative estimate of drug-likeness (QED) is 0.130. The topological polar surface area (TPSA) is 268 Å². The molecular weight excluding hydrogens is 410 g/mol. The van der Waals surface area contributed by atoms with Crippen LogP contribution < -0.4 is 27.4 Å². The van der Waals surface area contributed by atoms with Gasteiger partial charge in [-0.2, -0.15) is 0 Å². The zero-order valence-electron chi connectivity index (χ0n) is 15.6. The van der Waals surface area contributed by atoms with Gasteiger partial charge in [0.1, 0.15) is 18.6 Å². The molecule has 0 aliphatic heterocycles. The smallest absolute Gasteiger partial charge is 0.322 e. The highest BCUT2D eigenvalue weighted by atomic mass is 16.4. The summed E-state index contributed by atoms with van der Waals surface area (Å²) in [4.78, 5) is 79.5. The lowest BCUT2D eigenvalue weighted by atomic mass is 10.1. The lowest BCUT2D eigenvalue weighted by molar-refractivity contribution is -0.142. The van der Waals surface area contributed by atoms with Crippen LogP contribution in [0, 0.1) is 0 Å². The summed E-state index contributed by atoms with van der Waals surface area (Å²) in [6.07, 6.45) is -2.42. The molecule has 0 rings (SSSR count). The Labute approximate surface area is 169 Å². The Morgan fingerprint density at radius 3 is 1.73 bits per heavy atom. The molecule has 15 heteroatoms. The Hall–Kier alpha value is -3.75. The summed E-state index contributed by atoms with van der Waals surface area (Å²) in [6.45, 7) is -0.791. The van der Waals surface area contributed by atoms with Gasteiger partial charge in [-0.15, -0.1) is 0 Å². The fourth-order valence-corrected chi connectivity index (χ4v) is 2.06. The second kappa shape index (κ2) is 12.7. The van der Waals surface area contributed by atoms with Crippen LogP contribution in [0.4, 0.5) is 0 Å². The molecular formula is C15H23N5O10. The minimum atomic E-state index is -1.74. The van der Waals surface area contributed by atoms with Crippen LogP contribution in [0.15, 0.2) is 0 Å². The summed E-state index contributed by atoms with van der Waals surface area (Å²) in [7, 11) is 0. The molecule has 0 aromatic heterocycles. The summed E-state index contributed by atoms with van der Waals surface area (Å²) in [6, 6.07) is -4.78. The van der Waals surface area contributed by atoms with Crippen molar-refractivity contribution in [2.75, 3.05) is 6.54 Å². The number of nitrogens with two attached hydrogens (primary N) is 2. The fraction of sp³-hybridized carbons (Fsp3) is 0.533. The maximum atomic E-state index is 12.4. The highest BCUT2D eigenvalue weighted by Gasteiger charge is 2.30. The van der Waals surface area contributed by atoms with Crippen molar-refractivity contribution in [1.29, 1.82) is 0 Å². The number of hydrogen-bond donors (Lipinski definition) is 8. The average Bonchev–Trinajstić information content (AvgIpc) is 2.60. The highest BCUT2D eigenvalue weighted by Crippen LogP contribution is 2.02. The predicted molar refractivity (Wildman–Crippen MR) is 95.4 cm³/mol. The Balaban J connectivity index is 5.33. The van der Waals surface area contributed by atoms with E-state index in [-0.39, 0.29) is 12.8 Å². The van der Waals surface area contributed by atoms with Gasteiger partial charge in [0, 0.05) is 6.42 Å². The van der Waals surface area contributed by atoms with Crippen LogP contribution >= 0.6 is 0 Å². The predicted octanol–water partition coefficient (Wildman–Crippen LogP) is -4.30. The van der Waals surface area contributed by atoms with E-state index in [0.29, 0.717) is 0 Å². The van der Waals surface area contributed by atoms with Crippen molar-refractivity contribution in [2.24, 2.45) is 11.5 Å². The van der Waals surface area contributed by atoms with Crippen LogP contribution in [0.5, 0.6) is 0 Å². The number of hydrogen-bond acceptors (Lipinski definition) is 8. The molecule has 0 aromatic carbocycles. The number of amides is 4. The van der Waals surface area contributed by atoms with E-state index in [1.54, 1.807) is 0 Å². The normalized spacial score (nSPS) is 13.2. The van der Waals surface area contributed by atoms with Crippen molar-refractivity contribution in [3.8, 4) is 0 Å². The number of carbonyl (C=O) groups is 7. The van der Waals surface area contributed by atoms with E-state index in [1.807, 2.05) is 10.6 Å². The first-order valence-electron chi connectivity index (χ1n) is 8.41. The van der Waals surface area contributed by atoms with Crippen molar-refractivity contribution in [3.63, 3.8) is 0 Å². The van der Waals surface area contributed by atoms with E-state index < -0.39 is 79.0 Å². The number of nitrogens with one attached hydrogen (secondary N) is 3. The molecule has 0 spiro atoms. The van der Waals surface area contributed by atoms with Crippen molar-refractivity contribution in [2.45, 2.75) is 43.8 Å². The van der Waals surface area contributed by atoms with Gasteiger partial charge in [0.2, 0.25) is 23.6 Å². The van der Waals surface area contributed by atoms with Crippen LogP contribution in [-0.2, 0) is 33.6 Å². The standard InChI is InChI=1S/C15H23N5O10/c16-6(3-10(22)23)13(28)20-8(4-11(24)25)15(30)19-7(1-2-9(17)21)14(29)18-5-12(26)27/h6-8H,1-5,16H2,(H2,17,21)(H,18,29)(H,19,30)(H,20,28)(H,22,23)(H,24,25)(H,26,27). The molecule has 10 N–H and O–H groups in total. The Bertz CT molecular complexity index is 710. The Morgan fingerprint density at radius 2 is 1.27 bits per heavy atom. The number of carbonyl (C=O) groups excluding carboxylic acids is 4. The van der Waals surface area contributed by atoms with Crippen molar-refractivity contribution >= 4 is 41.5 Å². The van der Waals surface area contributed by atoms with E-state index in [1.165, 1.54) is 0 Å². The van der Waals surface area contributed by atoms with E-state index in [0.717, 1.165) is 0 Å². The lowest BCUT2D eigenvalue weighted by Gasteiger charge is -2.23. The maximum absolute atomic E-state index is 12.4. The third-order valence-electron chi connectivity index (χ3n) is 3.47. The third-order valence-corrected chi connectivity index (χ3v) is 3.47. The van der Waals surface area contributed by atoms with Gasteiger partial charge in [0.15, 0.2) is 0 Å². The van der Waals surface area contributed by atoms with Gasteiger partial charge in [0.25, 0.3) is 0 Å². The Morgan fingerprint density at radius 1 is 0.733 bits per heavy atom. The molecule has 15 nitrogen and oxygen atoms in total. The second-order valence-corrected chi connectivity index (χ2v) is 6.04. The number of carboxylic acids is 3. The van der Waals surface area contributed by atoms with E-state index in [2.05, 4.69) is 5.32 Å². The van der Waals surface area contributed by atoms with Crippen molar-refractivity contribution in [1.82, 2.24) is 16.0 Å². The van der Waals surface area contributed by atoms with Crippen molar-refractivity contribution in [3.05, 3.63) is 0 Å². The summed E-state index contributed by atoms with van der Waals surface area (Å²) in [5, 5.41) is 32.2. The summed E-state index contributed by atoms with van der Waals surface area (Å²) < 4.78 is 0. The monoisotopic (exact) mass is 433 g/mol. The van der Waals surface area contributed by atoms with Gasteiger partial charge in [-0.1, -0.05) is 0 Å². The number of aliphatic carboxylic acids is 3. The van der Waals surface area contributed by atoms with Gasteiger partial charge in [-0.3, -0.25) is 33.6 Å². The van der Waals surface area contributed by atoms with Crippen molar-refractivity contribution < 1.29 is 48.9 Å². The van der Waals surface area contributed by atoms with E-state index >= 15 is 0 Å². The molecule has 0 aliphatic carbocycles. The van der Waals surface area contributed by atoms with Gasteiger partial charge < -0.3 is 42.7 Å². The first-order chi connectivity index (χ1) is 13.8. The Kier molecular flexibility index (Phi) is 11.1. The SMILES string of the molecule is NC(=O)CCC(NC(=O)C(CC(=O)O)NC(=O)C(N)CC(=O)O)C(=O)NCC(=O)O. The molecule has 0 saturated heterocycles. The summed E-state index contributed by atoms with van der Waals surface area (Å²) >= 11 is 0. The average molecular weight is 433 g/mol. The van der Waals surface area contributed by atoms with Gasteiger partial charge in [-0.25, -0.2) is 0 Å². The highest BCUT2D eigenvalue weighted by molar-refractivity contribution is 5.96. The fourth-order valence-electron chi connectivity index (χ4n) is 2.06. The number of carboxylic acid groups (broad SMARTS) is 3. The molecule has 0 radical (unpaired) electrons. The first-order valence-corrected chi connectivity index (χ1v) is 8.41. The lowest BCUT2D eigenvalue weighted by Crippen LogP contribution is -2.56. The molecule has 0 heterocycles. The largest absolute Gasteiger partial charge is 0.481 e. The molecule has 0 fully saturated rings. The molecule has 3 unspecified atom stereocenters. The van der Waals surface area contributed by atoms with Crippen LogP contribution in [0.25, 0.3) is 0 Å². The minimum Gasteiger partial charge on any atom is -0.481 e. The molecule has 0 aliphatic rings. The van der Waals surface area contributed by atoms with Gasteiger partial charge >= 0.3 is 17.9 Å². The molecule has 168 valence electrons. The van der Waals surface area contributed by atoms with Gasteiger partial charge in [0.05, 0.1) is 18.9 Å². The van der Waals surface area contributed by atoms with Crippen LogP contribution in [-0.4, -0.2) is 81.5 Å². The minimum absolute atomic E-state index is 0.335. The van der Waals surface area contributed by atoms with Gasteiger partial charge in [-0.05, 0) is 6.42 Å². The van der Waals surface area contributed by atoms with E-state index in [4.69, 9.17) is 26.8 Å². The van der Waals surface area contributed by atoms with E-state index in [9.17, 15) is 33.6 Å². The second-order valence-electron chi connectivity index (χ2n) is 6.04. The zero-order chi connectivity index (χ0) is 23.4. The molecule has 3 atom stereocenters. The van der Waals surface area contributed by atoms with Crippen LogP contribution in [0.2, 0.25) is 0 Å². The number of primary amides is 1. The molecule has 0 saturated carbocycles. The molecule has 30 heavy (non-hydrogen) atoms. The summed E-state index contributed by atoms with van der Waals surface area (Å²) in [5.74, 6) is -8.39. The molecule has 0 bridgehead atoms. The summed E-state index contributed by atoms with van der Waals surface area (Å²) in [5.41, 5.74) is 10.3. The number of rotatable bonds is 14. The van der Waals surface area contributed by atoms with Crippen LogP contribution in [0.3, 0.4) is 0 Å².